The van der Waals surface area contributed by atoms with Gasteiger partial charge in [0.15, 0.2) is 0 Å². The fraction of sp³-hybridized carbons (Fsp3) is 0.0769. The molecule has 0 radical (unpaired) electrons. The number of nitrogens with zero attached hydrogens (tertiary/aromatic N) is 3. The molecule has 1 amide bonds. The van der Waals surface area contributed by atoms with E-state index in [0.717, 1.165) is 16.1 Å². The van der Waals surface area contributed by atoms with Crippen LogP contribution in [0.4, 0.5) is 5.69 Å². The van der Waals surface area contributed by atoms with E-state index in [9.17, 15) is 4.79 Å². The molecule has 0 aliphatic heterocycles. The number of aromatic amines is 1. The van der Waals surface area contributed by atoms with Gasteiger partial charge in [0.25, 0.3) is 0 Å². The first-order valence-corrected chi connectivity index (χ1v) is 7.05. The zero-order valence-corrected chi connectivity index (χ0v) is 11.7. The fourth-order valence-corrected chi connectivity index (χ4v) is 2.66. The molecule has 21 heavy (non-hydrogen) atoms. The third kappa shape index (κ3) is 3.06. The van der Waals surface area contributed by atoms with Crippen molar-refractivity contribution in [1.29, 1.82) is 0 Å². The lowest BCUT2D eigenvalue weighted by atomic mass is 10.2. The van der Waals surface area contributed by atoms with E-state index in [1.165, 1.54) is 11.3 Å². The number of thiophene rings is 1. The first kappa shape index (κ1) is 13.3. The van der Waals surface area contributed by atoms with Crippen molar-refractivity contribution in [3.05, 3.63) is 46.2 Å². The molecule has 0 fully saturated rings. The van der Waals surface area contributed by atoms with Crippen LogP contribution in [-0.4, -0.2) is 26.5 Å². The lowest BCUT2D eigenvalue weighted by Crippen LogP contribution is -2.09. The molecular weight excluding hydrogens is 288 g/mol. The van der Waals surface area contributed by atoms with Gasteiger partial charge in [0, 0.05) is 28.1 Å². The zero-order valence-electron chi connectivity index (χ0n) is 10.9. The Morgan fingerprint density at radius 2 is 2.29 bits per heavy atom. The van der Waals surface area contributed by atoms with Crippen molar-refractivity contribution < 1.29 is 4.79 Å². The number of rotatable bonds is 5. The topological polar surface area (TPSA) is 110 Å². The summed E-state index contributed by atoms with van der Waals surface area (Å²) in [7, 11) is 0. The number of primary amides is 1. The van der Waals surface area contributed by atoms with Gasteiger partial charge in [-0.3, -0.25) is 4.79 Å². The summed E-state index contributed by atoms with van der Waals surface area (Å²) in [5.41, 5.74) is 7.58. The minimum Gasteiger partial charge on any atom is -0.380 e. The number of hydrogen-bond donors (Lipinski definition) is 3. The molecule has 106 valence electrons. The molecule has 0 aliphatic rings. The molecule has 0 atom stereocenters. The maximum atomic E-state index is 11.1. The molecule has 0 saturated heterocycles. The predicted octanol–water partition coefficient (Wildman–Crippen LogP) is 1.64. The zero-order chi connectivity index (χ0) is 14.7. The third-order valence-electron chi connectivity index (χ3n) is 2.87. The molecule has 0 spiro atoms. The van der Waals surface area contributed by atoms with E-state index in [1.807, 2.05) is 24.3 Å². The Kier molecular flexibility index (Phi) is 3.61. The number of anilines is 1. The van der Waals surface area contributed by atoms with Crippen molar-refractivity contribution in [3.63, 3.8) is 0 Å². The average molecular weight is 300 g/mol. The van der Waals surface area contributed by atoms with E-state index < -0.39 is 5.91 Å². The Labute approximate surface area is 124 Å². The van der Waals surface area contributed by atoms with Crippen LogP contribution in [0, 0.1) is 0 Å². The maximum Gasteiger partial charge on any atom is 0.249 e. The number of tetrazole rings is 1. The summed E-state index contributed by atoms with van der Waals surface area (Å²) in [6, 6.07) is 9.51. The summed E-state index contributed by atoms with van der Waals surface area (Å²) < 4.78 is 0. The molecule has 3 rings (SSSR count). The van der Waals surface area contributed by atoms with Crippen LogP contribution < -0.4 is 11.1 Å². The smallest absolute Gasteiger partial charge is 0.249 e. The molecule has 3 aromatic rings. The van der Waals surface area contributed by atoms with E-state index in [4.69, 9.17) is 5.73 Å². The second-order valence-corrected chi connectivity index (χ2v) is 5.33. The van der Waals surface area contributed by atoms with Crippen LogP contribution in [0.5, 0.6) is 0 Å². The highest BCUT2D eigenvalue weighted by atomic mass is 32.1. The number of nitrogens with two attached hydrogens (primary N) is 1. The molecule has 0 unspecified atom stereocenters. The minimum atomic E-state index is -0.406. The highest BCUT2D eigenvalue weighted by Crippen LogP contribution is 2.20. The summed E-state index contributed by atoms with van der Waals surface area (Å²) >= 11 is 1.50. The van der Waals surface area contributed by atoms with Crippen LogP contribution in [0.3, 0.4) is 0 Å². The van der Waals surface area contributed by atoms with Gasteiger partial charge in [-0.25, -0.2) is 0 Å². The molecule has 2 heterocycles. The molecule has 0 aliphatic carbocycles. The molecule has 0 bridgehead atoms. The molecule has 7 nitrogen and oxygen atoms in total. The Morgan fingerprint density at radius 3 is 3.00 bits per heavy atom. The van der Waals surface area contributed by atoms with E-state index in [2.05, 4.69) is 25.9 Å². The second-order valence-electron chi connectivity index (χ2n) is 4.34. The lowest BCUT2D eigenvalue weighted by Gasteiger charge is -2.05. The number of hydrogen-bond acceptors (Lipinski definition) is 6. The summed E-state index contributed by atoms with van der Waals surface area (Å²) in [5.74, 6) is 0.141. The van der Waals surface area contributed by atoms with Crippen molar-refractivity contribution in [2.24, 2.45) is 5.73 Å². The molecular formula is C13H12N6OS. The summed E-state index contributed by atoms with van der Waals surface area (Å²) in [6.45, 7) is 0.619. The van der Waals surface area contributed by atoms with E-state index >= 15 is 0 Å². The number of carbonyl (C=O) groups is 1. The number of nitrogens with one attached hydrogen (secondary N) is 2. The van der Waals surface area contributed by atoms with Gasteiger partial charge in [-0.15, -0.1) is 21.5 Å². The SMILES string of the molecule is NC(=O)c1csc(CNc2cccc(-c3nn[nH]n3)c2)c1. The van der Waals surface area contributed by atoms with Gasteiger partial charge in [-0.2, -0.15) is 5.21 Å². The summed E-state index contributed by atoms with van der Waals surface area (Å²) in [6.07, 6.45) is 0. The summed E-state index contributed by atoms with van der Waals surface area (Å²) in [5, 5.41) is 18.9. The standard InChI is InChI=1S/C13H12N6OS/c14-12(20)9-5-11(21-7-9)6-15-10-3-1-2-8(4-10)13-16-18-19-17-13/h1-5,7,15H,6H2,(H2,14,20)(H,16,17,18,19). The molecule has 1 aromatic carbocycles. The Bertz CT molecular complexity index is 752. The Morgan fingerprint density at radius 1 is 1.38 bits per heavy atom. The normalized spacial score (nSPS) is 10.5. The van der Waals surface area contributed by atoms with Crippen LogP contribution in [0.25, 0.3) is 11.4 Å². The predicted molar refractivity (Wildman–Crippen MR) is 79.8 cm³/mol. The van der Waals surface area contributed by atoms with Gasteiger partial charge in [0.2, 0.25) is 11.7 Å². The van der Waals surface area contributed by atoms with E-state index in [-0.39, 0.29) is 0 Å². The van der Waals surface area contributed by atoms with Crippen LogP contribution in [0.2, 0.25) is 0 Å². The fourth-order valence-electron chi connectivity index (χ4n) is 1.84. The van der Waals surface area contributed by atoms with Gasteiger partial charge >= 0.3 is 0 Å². The van der Waals surface area contributed by atoms with Gasteiger partial charge in [-0.05, 0) is 23.4 Å². The van der Waals surface area contributed by atoms with Crippen molar-refractivity contribution >= 4 is 22.9 Å². The van der Waals surface area contributed by atoms with Crippen molar-refractivity contribution in [1.82, 2.24) is 20.6 Å². The van der Waals surface area contributed by atoms with Gasteiger partial charge < -0.3 is 11.1 Å². The molecule has 4 N–H and O–H groups in total. The van der Waals surface area contributed by atoms with Crippen molar-refractivity contribution in [2.75, 3.05) is 5.32 Å². The van der Waals surface area contributed by atoms with Gasteiger partial charge in [-0.1, -0.05) is 12.1 Å². The lowest BCUT2D eigenvalue weighted by molar-refractivity contribution is 0.100. The number of carbonyl (C=O) groups excluding carboxylic acids is 1. The Hall–Kier alpha value is -2.74. The highest BCUT2D eigenvalue weighted by Gasteiger charge is 2.06. The molecule has 8 heteroatoms. The van der Waals surface area contributed by atoms with Gasteiger partial charge in [0.1, 0.15) is 0 Å². The highest BCUT2D eigenvalue weighted by molar-refractivity contribution is 7.10. The largest absolute Gasteiger partial charge is 0.380 e. The number of aromatic nitrogens is 4. The average Bonchev–Trinajstić information content (AvgIpc) is 3.17. The first-order chi connectivity index (χ1) is 10.2. The monoisotopic (exact) mass is 300 g/mol. The Balaban J connectivity index is 1.70. The van der Waals surface area contributed by atoms with Crippen LogP contribution in [0.1, 0.15) is 15.2 Å². The molecule has 2 aromatic heterocycles. The first-order valence-electron chi connectivity index (χ1n) is 6.17. The van der Waals surface area contributed by atoms with Gasteiger partial charge in [0.05, 0.1) is 5.56 Å². The van der Waals surface area contributed by atoms with Crippen LogP contribution in [-0.2, 0) is 6.54 Å². The molecule has 0 saturated carbocycles. The minimum absolute atomic E-state index is 0.406. The quantitative estimate of drug-likeness (QED) is 0.663. The van der Waals surface area contributed by atoms with Crippen LogP contribution >= 0.6 is 11.3 Å². The third-order valence-corrected chi connectivity index (χ3v) is 3.81. The number of H-pyrrole nitrogens is 1. The number of benzene rings is 1. The second kappa shape index (κ2) is 5.71. The number of amides is 1. The summed E-state index contributed by atoms with van der Waals surface area (Å²) in [4.78, 5) is 12.1. The van der Waals surface area contributed by atoms with Crippen LogP contribution in [0.15, 0.2) is 35.7 Å². The van der Waals surface area contributed by atoms with E-state index in [1.54, 1.807) is 11.4 Å². The maximum absolute atomic E-state index is 11.1. The van der Waals surface area contributed by atoms with Crippen molar-refractivity contribution in [2.45, 2.75) is 6.54 Å². The van der Waals surface area contributed by atoms with E-state index in [0.29, 0.717) is 17.9 Å². The van der Waals surface area contributed by atoms with Crippen molar-refractivity contribution in [3.8, 4) is 11.4 Å².